The van der Waals surface area contributed by atoms with Gasteiger partial charge in [-0.05, 0) is 32.2 Å². The van der Waals surface area contributed by atoms with Gasteiger partial charge < -0.3 is 16.2 Å². The molecular weight excluding hydrogens is 256 g/mol. The molecule has 0 aromatic heterocycles. The molecule has 1 aliphatic carbocycles. The monoisotopic (exact) mass is 284 g/mol. The van der Waals surface area contributed by atoms with E-state index in [1.807, 2.05) is 0 Å². The summed E-state index contributed by atoms with van der Waals surface area (Å²) in [6.07, 6.45) is 8.62. The molecule has 0 aliphatic heterocycles. The molecule has 20 heavy (non-hydrogen) atoms. The summed E-state index contributed by atoms with van der Waals surface area (Å²) in [5.74, 6) is -0.797. The van der Waals surface area contributed by atoms with Gasteiger partial charge in [-0.15, -0.1) is 0 Å². The number of carboxylic acids is 1. The molecular formula is C15H28N2O3. The largest absolute Gasteiger partial charge is 0.481 e. The minimum absolute atomic E-state index is 0.0353. The third kappa shape index (κ3) is 5.49. The zero-order chi connectivity index (χ0) is 14.8. The highest BCUT2D eigenvalue weighted by atomic mass is 16.4. The Morgan fingerprint density at radius 2 is 1.70 bits per heavy atom. The first kappa shape index (κ1) is 17.0. The van der Waals surface area contributed by atoms with E-state index in [4.69, 9.17) is 5.73 Å². The number of rotatable bonds is 8. The van der Waals surface area contributed by atoms with Gasteiger partial charge in [-0.25, -0.2) is 0 Å². The molecule has 5 heteroatoms. The van der Waals surface area contributed by atoms with Crippen LogP contribution < -0.4 is 11.1 Å². The van der Waals surface area contributed by atoms with Crippen LogP contribution in [0.25, 0.3) is 0 Å². The lowest BCUT2D eigenvalue weighted by molar-refractivity contribution is -0.149. The number of amides is 1. The Bertz CT molecular complexity index is 310. The number of nitrogens with one attached hydrogen (secondary N) is 1. The molecule has 1 rings (SSSR count). The molecule has 1 fully saturated rings. The summed E-state index contributed by atoms with van der Waals surface area (Å²) in [7, 11) is 0. The first-order valence-corrected chi connectivity index (χ1v) is 7.81. The lowest BCUT2D eigenvalue weighted by Crippen LogP contribution is -2.42. The van der Waals surface area contributed by atoms with E-state index in [9.17, 15) is 14.7 Å². The van der Waals surface area contributed by atoms with Crippen LogP contribution >= 0.6 is 0 Å². The van der Waals surface area contributed by atoms with Gasteiger partial charge >= 0.3 is 5.97 Å². The van der Waals surface area contributed by atoms with Crippen LogP contribution in [-0.4, -0.2) is 30.1 Å². The molecule has 116 valence electrons. The van der Waals surface area contributed by atoms with Crippen molar-refractivity contribution in [2.24, 2.45) is 11.1 Å². The van der Waals surface area contributed by atoms with Crippen molar-refractivity contribution in [2.75, 3.05) is 13.1 Å². The Labute approximate surface area is 121 Å². The third-order valence-corrected chi connectivity index (χ3v) is 4.25. The summed E-state index contributed by atoms with van der Waals surface area (Å²) >= 11 is 0. The predicted octanol–water partition coefficient (Wildman–Crippen LogP) is 2.05. The topological polar surface area (TPSA) is 92.4 Å². The van der Waals surface area contributed by atoms with Gasteiger partial charge in [-0.2, -0.15) is 0 Å². The smallest absolute Gasteiger partial charge is 0.311 e. The van der Waals surface area contributed by atoms with Crippen LogP contribution in [0.3, 0.4) is 0 Å². The molecule has 0 aromatic carbocycles. The van der Waals surface area contributed by atoms with Crippen molar-refractivity contribution in [1.29, 1.82) is 0 Å². The number of carbonyl (C=O) groups excluding carboxylic acids is 1. The average Bonchev–Trinajstić information content (AvgIpc) is 2.68. The van der Waals surface area contributed by atoms with E-state index in [0.717, 1.165) is 44.9 Å². The standard InChI is InChI=1S/C15H28N2O3/c16-11-7-3-4-8-13(18)17-12-15(14(19)20)9-5-1-2-6-10-15/h1-12,16H2,(H,17,18)(H,19,20). The van der Waals surface area contributed by atoms with Crippen molar-refractivity contribution in [2.45, 2.75) is 64.2 Å². The minimum atomic E-state index is -0.761. The molecule has 0 unspecified atom stereocenters. The lowest BCUT2D eigenvalue weighted by Gasteiger charge is -2.28. The highest BCUT2D eigenvalue weighted by Crippen LogP contribution is 2.34. The zero-order valence-corrected chi connectivity index (χ0v) is 12.3. The van der Waals surface area contributed by atoms with Crippen LogP contribution in [0.2, 0.25) is 0 Å². The Morgan fingerprint density at radius 1 is 1.05 bits per heavy atom. The fraction of sp³-hybridized carbons (Fsp3) is 0.867. The van der Waals surface area contributed by atoms with E-state index >= 15 is 0 Å². The first-order chi connectivity index (χ1) is 9.60. The summed E-state index contributed by atoms with van der Waals surface area (Å²) in [6, 6.07) is 0. The average molecular weight is 284 g/mol. The summed E-state index contributed by atoms with van der Waals surface area (Å²) < 4.78 is 0. The first-order valence-electron chi connectivity index (χ1n) is 7.81. The maximum absolute atomic E-state index is 11.8. The van der Waals surface area contributed by atoms with E-state index in [1.165, 1.54) is 0 Å². The number of carboxylic acid groups (broad SMARTS) is 1. The van der Waals surface area contributed by atoms with E-state index in [-0.39, 0.29) is 12.5 Å². The van der Waals surface area contributed by atoms with Crippen LogP contribution in [0.5, 0.6) is 0 Å². The summed E-state index contributed by atoms with van der Waals surface area (Å²) in [5, 5.41) is 12.3. The third-order valence-electron chi connectivity index (χ3n) is 4.25. The molecule has 0 aromatic rings. The molecule has 0 atom stereocenters. The van der Waals surface area contributed by atoms with Gasteiger partial charge in [0.1, 0.15) is 0 Å². The molecule has 5 nitrogen and oxygen atoms in total. The maximum Gasteiger partial charge on any atom is 0.311 e. The van der Waals surface area contributed by atoms with E-state index < -0.39 is 11.4 Å². The van der Waals surface area contributed by atoms with Crippen molar-refractivity contribution in [3.8, 4) is 0 Å². The van der Waals surface area contributed by atoms with Crippen LogP contribution in [0, 0.1) is 5.41 Å². The molecule has 0 spiro atoms. The van der Waals surface area contributed by atoms with Crippen molar-refractivity contribution >= 4 is 11.9 Å². The van der Waals surface area contributed by atoms with Gasteiger partial charge in [0.2, 0.25) is 5.91 Å². The van der Waals surface area contributed by atoms with E-state index in [1.54, 1.807) is 0 Å². The highest BCUT2D eigenvalue weighted by molar-refractivity contribution is 5.79. The number of nitrogens with two attached hydrogens (primary N) is 1. The number of hydrogen-bond donors (Lipinski definition) is 3. The Hall–Kier alpha value is -1.10. The molecule has 0 saturated heterocycles. The second kappa shape index (κ2) is 8.95. The molecule has 0 radical (unpaired) electrons. The zero-order valence-electron chi connectivity index (χ0n) is 12.3. The molecule has 0 bridgehead atoms. The van der Waals surface area contributed by atoms with Gasteiger partial charge in [-0.3, -0.25) is 9.59 Å². The van der Waals surface area contributed by atoms with Crippen molar-refractivity contribution < 1.29 is 14.7 Å². The van der Waals surface area contributed by atoms with Crippen molar-refractivity contribution in [3.63, 3.8) is 0 Å². The molecule has 1 saturated carbocycles. The van der Waals surface area contributed by atoms with Gasteiger partial charge in [0, 0.05) is 13.0 Å². The number of hydrogen-bond acceptors (Lipinski definition) is 3. The number of aliphatic carboxylic acids is 1. The SMILES string of the molecule is NCCCCCC(=O)NCC1(C(=O)O)CCCCCC1. The second-order valence-corrected chi connectivity index (χ2v) is 5.88. The van der Waals surface area contributed by atoms with Gasteiger partial charge in [0.05, 0.1) is 5.41 Å². The number of carbonyl (C=O) groups is 2. The quantitative estimate of drug-likeness (QED) is 0.470. The fourth-order valence-corrected chi connectivity index (χ4v) is 2.83. The van der Waals surface area contributed by atoms with Gasteiger partial charge in [0.25, 0.3) is 0 Å². The molecule has 1 amide bonds. The maximum atomic E-state index is 11.8. The Morgan fingerprint density at radius 3 is 2.25 bits per heavy atom. The second-order valence-electron chi connectivity index (χ2n) is 5.88. The Kier molecular flexibility index (Phi) is 7.59. The summed E-state index contributed by atoms with van der Waals surface area (Å²) in [4.78, 5) is 23.3. The molecule has 4 N–H and O–H groups in total. The summed E-state index contributed by atoms with van der Waals surface area (Å²) in [6.45, 7) is 0.932. The van der Waals surface area contributed by atoms with Crippen LogP contribution in [0.15, 0.2) is 0 Å². The predicted molar refractivity (Wildman–Crippen MR) is 78.3 cm³/mol. The van der Waals surface area contributed by atoms with Crippen LogP contribution in [0.4, 0.5) is 0 Å². The minimum Gasteiger partial charge on any atom is -0.481 e. The Balaban J connectivity index is 2.38. The molecule has 1 aliphatic rings. The fourth-order valence-electron chi connectivity index (χ4n) is 2.83. The van der Waals surface area contributed by atoms with Crippen LogP contribution in [-0.2, 0) is 9.59 Å². The lowest BCUT2D eigenvalue weighted by atomic mass is 9.80. The molecule has 0 heterocycles. The highest BCUT2D eigenvalue weighted by Gasteiger charge is 2.38. The van der Waals surface area contributed by atoms with Gasteiger partial charge in [0.15, 0.2) is 0 Å². The number of unbranched alkanes of at least 4 members (excludes halogenated alkanes) is 2. The van der Waals surface area contributed by atoms with Crippen molar-refractivity contribution in [3.05, 3.63) is 0 Å². The summed E-state index contributed by atoms with van der Waals surface area (Å²) in [5.41, 5.74) is 4.65. The van der Waals surface area contributed by atoms with Gasteiger partial charge in [-0.1, -0.05) is 32.1 Å². The van der Waals surface area contributed by atoms with E-state index in [0.29, 0.717) is 25.8 Å². The normalized spacial score (nSPS) is 18.2. The van der Waals surface area contributed by atoms with Crippen LogP contribution in [0.1, 0.15) is 64.2 Å². The van der Waals surface area contributed by atoms with Crippen molar-refractivity contribution in [1.82, 2.24) is 5.32 Å². The van der Waals surface area contributed by atoms with E-state index in [2.05, 4.69) is 5.32 Å².